The number of esters is 1. The minimum Gasteiger partial charge on any atom is -0.467 e. The van der Waals surface area contributed by atoms with Crippen LogP contribution in [0.25, 0.3) is 0 Å². The number of rotatable bonds is 6. The van der Waals surface area contributed by atoms with E-state index >= 15 is 0 Å². The average Bonchev–Trinajstić information content (AvgIpc) is 2.24. The monoisotopic (exact) mass is 217 g/mol. The third-order valence-electron chi connectivity index (χ3n) is 2.11. The number of carbonyl (C=O) groups is 2. The molecule has 5 heteroatoms. The average molecular weight is 217 g/mol. The van der Waals surface area contributed by atoms with Crippen LogP contribution in [-0.2, 0) is 19.1 Å². The van der Waals surface area contributed by atoms with Crippen LogP contribution in [0.15, 0.2) is 0 Å². The minimum atomic E-state index is -0.597. The smallest absolute Gasteiger partial charge is 0.328 e. The Labute approximate surface area is 90.1 Å². The van der Waals surface area contributed by atoms with Gasteiger partial charge in [-0.15, -0.1) is 0 Å². The number of hydrogen-bond donors (Lipinski definition) is 1. The molecule has 0 aromatic heterocycles. The van der Waals surface area contributed by atoms with Crippen molar-refractivity contribution in [3.63, 3.8) is 0 Å². The van der Waals surface area contributed by atoms with Crippen LogP contribution in [-0.4, -0.2) is 38.2 Å². The Morgan fingerprint density at radius 2 is 1.87 bits per heavy atom. The summed E-state index contributed by atoms with van der Waals surface area (Å²) in [5.74, 6) is -0.611. The molecule has 0 bridgehead atoms. The van der Waals surface area contributed by atoms with E-state index in [2.05, 4.69) is 10.1 Å². The van der Waals surface area contributed by atoms with Gasteiger partial charge >= 0.3 is 5.97 Å². The Balaban J connectivity index is 3.78. The van der Waals surface area contributed by atoms with Gasteiger partial charge in [0.2, 0.25) is 5.91 Å². The Hall–Kier alpha value is -1.10. The molecule has 0 aliphatic heterocycles. The Morgan fingerprint density at radius 3 is 2.33 bits per heavy atom. The molecule has 1 amide bonds. The second-order valence-electron chi connectivity index (χ2n) is 3.40. The van der Waals surface area contributed by atoms with Crippen LogP contribution in [0.5, 0.6) is 0 Å². The summed E-state index contributed by atoms with van der Waals surface area (Å²) >= 11 is 0. The molecular formula is C10H19NO4. The number of ether oxygens (including phenoxy) is 2. The number of carbonyl (C=O) groups excluding carboxylic acids is 2. The Kier molecular flexibility index (Phi) is 6.70. The van der Waals surface area contributed by atoms with Gasteiger partial charge < -0.3 is 14.8 Å². The Bertz CT molecular complexity index is 217. The standard InChI is InChI=1S/C10H19NO4/c1-7(14-3)5-6-9(12)11-8(2)10(13)15-4/h7-8H,5-6H2,1-4H3,(H,11,12). The van der Waals surface area contributed by atoms with Gasteiger partial charge in [-0.25, -0.2) is 4.79 Å². The lowest BCUT2D eigenvalue weighted by atomic mass is 10.2. The first-order valence-corrected chi connectivity index (χ1v) is 4.91. The first kappa shape index (κ1) is 13.9. The largest absolute Gasteiger partial charge is 0.467 e. The van der Waals surface area contributed by atoms with Crippen molar-refractivity contribution in [2.24, 2.45) is 0 Å². The van der Waals surface area contributed by atoms with Crippen molar-refractivity contribution in [2.75, 3.05) is 14.2 Å². The molecule has 0 saturated heterocycles. The number of nitrogens with one attached hydrogen (secondary N) is 1. The quantitative estimate of drug-likeness (QED) is 0.657. The molecule has 0 saturated carbocycles. The summed E-state index contributed by atoms with van der Waals surface area (Å²) in [5, 5.41) is 2.54. The third-order valence-corrected chi connectivity index (χ3v) is 2.11. The first-order chi connectivity index (χ1) is 7.01. The summed E-state index contributed by atoms with van der Waals surface area (Å²) in [5.41, 5.74) is 0. The van der Waals surface area contributed by atoms with Gasteiger partial charge in [0.1, 0.15) is 6.04 Å². The van der Waals surface area contributed by atoms with Crippen molar-refractivity contribution in [3.8, 4) is 0 Å². The molecule has 2 atom stereocenters. The molecule has 88 valence electrons. The number of methoxy groups -OCH3 is 2. The van der Waals surface area contributed by atoms with Gasteiger partial charge in [0, 0.05) is 13.5 Å². The summed E-state index contributed by atoms with van der Waals surface area (Å²) < 4.78 is 9.48. The Morgan fingerprint density at radius 1 is 1.27 bits per heavy atom. The van der Waals surface area contributed by atoms with Gasteiger partial charge in [0.25, 0.3) is 0 Å². The maximum absolute atomic E-state index is 11.3. The van der Waals surface area contributed by atoms with E-state index in [1.54, 1.807) is 14.0 Å². The van der Waals surface area contributed by atoms with Crippen molar-refractivity contribution >= 4 is 11.9 Å². The van der Waals surface area contributed by atoms with E-state index in [1.165, 1.54) is 7.11 Å². The molecule has 0 rings (SSSR count). The molecule has 0 aliphatic carbocycles. The van der Waals surface area contributed by atoms with Crippen LogP contribution in [0.2, 0.25) is 0 Å². The van der Waals surface area contributed by atoms with Crippen molar-refractivity contribution < 1.29 is 19.1 Å². The molecule has 0 fully saturated rings. The lowest BCUT2D eigenvalue weighted by Gasteiger charge is -2.12. The van der Waals surface area contributed by atoms with Gasteiger partial charge in [-0.2, -0.15) is 0 Å². The fraction of sp³-hybridized carbons (Fsp3) is 0.800. The highest BCUT2D eigenvalue weighted by molar-refractivity contribution is 5.83. The normalized spacial score (nSPS) is 14.1. The zero-order chi connectivity index (χ0) is 11.8. The van der Waals surface area contributed by atoms with E-state index in [0.29, 0.717) is 12.8 Å². The van der Waals surface area contributed by atoms with Gasteiger partial charge in [-0.3, -0.25) is 4.79 Å². The zero-order valence-corrected chi connectivity index (χ0v) is 9.70. The van der Waals surface area contributed by atoms with Gasteiger partial charge in [0.05, 0.1) is 13.2 Å². The van der Waals surface area contributed by atoms with E-state index < -0.39 is 12.0 Å². The van der Waals surface area contributed by atoms with E-state index in [1.807, 2.05) is 6.92 Å². The van der Waals surface area contributed by atoms with E-state index in [4.69, 9.17) is 4.74 Å². The molecule has 2 unspecified atom stereocenters. The fourth-order valence-corrected chi connectivity index (χ4v) is 1.00. The minimum absolute atomic E-state index is 0.0455. The molecule has 0 spiro atoms. The molecule has 0 aromatic rings. The molecular weight excluding hydrogens is 198 g/mol. The SMILES string of the molecule is COC(=O)C(C)NC(=O)CCC(C)OC. The second kappa shape index (κ2) is 7.23. The van der Waals surface area contributed by atoms with Crippen molar-refractivity contribution in [3.05, 3.63) is 0 Å². The molecule has 1 N–H and O–H groups in total. The molecule has 0 heterocycles. The lowest BCUT2D eigenvalue weighted by Crippen LogP contribution is -2.39. The summed E-state index contributed by atoms with van der Waals surface area (Å²) in [4.78, 5) is 22.3. The summed E-state index contributed by atoms with van der Waals surface area (Å²) in [6, 6.07) is -0.597. The topological polar surface area (TPSA) is 64.6 Å². The molecule has 5 nitrogen and oxygen atoms in total. The van der Waals surface area contributed by atoms with E-state index in [-0.39, 0.29) is 12.0 Å². The van der Waals surface area contributed by atoms with Crippen molar-refractivity contribution in [1.29, 1.82) is 0 Å². The lowest BCUT2D eigenvalue weighted by molar-refractivity contribution is -0.144. The zero-order valence-electron chi connectivity index (χ0n) is 9.70. The summed E-state index contributed by atoms with van der Waals surface area (Å²) in [6.07, 6.45) is 1.02. The van der Waals surface area contributed by atoms with Gasteiger partial charge in [-0.1, -0.05) is 0 Å². The van der Waals surface area contributed by atoms with Crippen LogP contribution in [0.3, 0.4) is 0 Å². The van der Waals surface area contributed by atoms with Crippen molar-refractivity contribution in [2.45, 2.75) is 38.8 Å². The van der Waals surface area contributed by atoms with Crippen LogP contribution < -0.4 is 5.32 Å². The highest BCUT2D eigenvalue weighted by Crippen LogP contribution is 2.00. The fourth-order valence-electron chi connectivity index (χ4n) is 1.00. The van der Waals surface area contributed by atoms with Crippen LogP contribution in [0.1, 0.15) is 26.7 Å². The molecule has 0 aromatic carbocycles. The predicted molar refractivity (Wildman–Crippen MR) is 55.3 cm³/mol. The van der Waals surface area contributed by atoms with Crippen LogP contribution in [0, 0.1) is 0 Å². The van der Waals surface area contributed by atoms with Gasteiger partial charge in [-0.05, 0) is 20.3 Å². The highest BCUT2D eigenvalue weighted by atomic mass is 16.5. The predicted octanol–water partition coefficient (Wildman–Crippen LogP) is 0.479. The van der Waals surface area contributed by atoms with E-state index in [0.717, 1.165) is 0 Å². The summed E-state index contributed by atoms with van der Waals surface area (Å²) in [6.45, 7) is 3.47. The molecule has 15 heavy (non-hydrogen) atoms. The van der Waals surface area contributed by atoms with Crippen LogP contribution >= 0.6 is 0 Å². The van der Waals surface area contributed by atoms with Crippen molar-refractivity contribution in [1.82, 2.24) is 5.32 Å². The number of hydrogen-bond acceptors (Lipinski definition) is 4. The molecule has 0 radical (unpaired) electrons. The maximum Gasteiger partial charge on any atom is 0.328 e. The molecule has 0 aliphatic rings. The highest BCUT2D eigenvalue weighted by Gasteiger charge is 2.15. The summed E-state index contributed by atoms with van der Waals surface area (Å²) in [7, 11) is 2.89. The number of amides is 1. The van der Waals surface area contributed by atoms with Gasteiger partial charge in [0.15, 0.2) is 0 Å². The maximum atomic E-state index is 11.3. The first-order valence-electron chi connectivity index (χ1n) is 4.91. The third kappa shape index (κ3) is 6.06. The second-order valence-corrected chi connectivity index (χ2v) is 3.40. The van der Waals surface area contributed by atoms with Crippen LogP contribution in [0.4, 0.5) is 0 Å². The van der Waals surface area contributed by atoms with E-state index in [9.17, 15) is 9.59 Å².